The lowest BCUT2D eigenvalue weighted by molar-refractivity contribution is 0.0693. The van der Waals surface area contributed by atoms with Gasteiger partial charge in [-0.25, -0.2) is 12.8 Å². The molecule has 0 atom stereocenters. The van der Waals surface area contributed by atoms with E-state index in [-0.39, 0.29) is 51.7 Å². The molecule has 1 heterocycles. The van der Waals surface area contributed by atoms with Crippen LogP contribution in [0.3, 0.4) is 0 Å². The fourth-order valence-corrected chi connectivity index (χ4v) is 5.61. The number of piperazine rings is 1. The van der Waals surface area contributed by atoms with E-state index >= 15 is 0 Å². The molecular weight excluding hydrogens is 438 g/mol. The molecule has 1 fully saturated rings. The van der Waals surface area contributed by atoms with Crippen LogP contribution >= 0.6 is 34.8 Å². The van der Waals surface area contributed by atoms with Crippen LogP contribution in [0.1, 0.15) is 10.4 Å². The maximum Gasteiger partial charge on any atom is 0.258 e. The van der Waals surface area contributed by atoms with Gasteiger partial charge in [0.25, 0.3) is 5.91 Å². The second kappa shape index (κ2) is 7.93. The maximum atomic E-state index is 14.0. The summed E-state index contributed by atoms with van der Waals surface area (Å²) < 4.78 is 40.9. The summed E-state index contributed by atoms with van der Waals surface area (Å²) in [5, 5.41) is 0.0659. The standard InChI is InChI=1S/C17H14Cl3FN2O3S/c18-11-3-2-6-14(21)15(11)17(24)22-7-9-23(10-8-22)27(25,26)16-12(19)4-1-5-13(16)20/h1-6H,7-10H2. The Labute approximate surface area is 171 Å². The number of rotatable bonds is 3. The van der Waals surface area contributed by atoms with E-state index in [1.807, 2.05) is 0 Å². The monoisotopic (exact) mass is 450 g/mol. The third-order valence-corrected chi connectivity index (χ3v) is 7.39. The molecule has 144 valence electrons. The van der Waals surface area contributed by atoms with Crippen molar-refractivity contribution in [3.05, 3.63) is 62.8 Å². The number of carbonyl (C=O) groups is 1. The molecule has 3 rings (SSSR count). The Morgan fingerprint density at radius 3 is 1.96 bits per heavy atom. The lowest BCUT2D eigenvalue weighted by Gasteiger charge is -2.34. The predicted molar refractivity (Wildman–Crippen MR) is 103 cm³/mol. The largest absolute Gasteiger partial charge is 0.336 e. The fourth-order valence-electron chi connectivity index (χ4n) is 2.85. The minimum absolute atomic E-state index is 0.0119. The van der Waals surface area contributed by atoms with Crippen molar-refractivity contribution in [2.75, 3.05) is 26.2 Å². The van der Waals surface area contributed by atoms with Crippen molar-refractivity contribution in [1.29, 1.82) is 0 Å². The molecule has 1 aliphatic heterocycles. The Bertz CT molecular complexity index is 952. The van der Waals surface area contributed by atoms with Crippen molar-refractivity contribution < 1.29 is 17.6 Å². The molecule has 0 radical (unpaired) electrons. The normalized spacial score (nSPS) is 15.8. The molecule has 10 heteroatoms. The molecule has 0 N–H and O–H groups in total. The van der Waals surface area contributed by atoms with Crippen LogP contribution < -0.4 is 0 Å². The molecule has 2 aromatic rings. The summed E-state index contributed by atoms with van der Waals surface area (Å²) in [6.45, 7) is 0.235. The quantitative estimate of drug-likeness (QED) is 0.710. The first-order chi connectivity index (χ1) is 12.7. The van der Waals surface area contributed by atoms with Crippen molar-refractivity contribution in [1.82, 2.24) is 9.21 Å². The van der Waals surface area contributed by atoms with Gasteiger partial charge in [-0.15, -0.1) is 0 Å². The summed E-state index contributed by atoms with van der Waals surface area (Å²) in [6.07, 6.45) is 0. The molecule has 2 aromatic carbocycles. The molecule has 0 bridgehead atoms. The van der Waals surface area contributed by atoms with E-state index in [1.165, 1.54) is 33.5 Å². The Hall–Kier alpha value is -1.38. The average Bonchev–Trinajstić information content (AvgIpc) is 2.61. The molecule has 1 aliphatic rings. The van der Waals surface area contributed by atoms with E-state index in [0.717, 1.165) is 6.07 Å². The predicted octanol–water partition coefficient (Wildman–Crippen LogP) is 3.93. The van der Waals surface area contributed by atoms with Crippen LogP contribution in [0, 0.1) is 5.82 Å². The van der Waals surface area contributed by atoms with Gasteiger partial charge < -0.3 is 4.90 Å². The number of amides is 1. The SMILES string of the molecule is O=C(c1c(F)cccc1Cl)N1CCN(S(=O)(=O)c2c(Cl)cccc2Cl)CC1. The molecule has 1 saturated heterocycles. The van der Waals surface area contributed by atoms with Gasteiger partial charge in [0.15, 0.2) is 0 Å². The number of carbonyl (C=O) groups excluding carboxylic acids is 1. The molecule has 0 unspecified atom stereocenters. The number of hydrogen-bond donors (Lipinski definition) is 0. The van der Waals surface area contributed by atoms with Crippen LogP contribution in [0.5, 0.6) is 0 Å². The third kappa shape index (κ3) is 3.93. The van der Waals surface area contributed by atoms with Gasteiger partial charge >= 0.3 is 0 Å². The zero-order chi connectivity index (χ0) is 19.8. The van der Waals surface area contributed by atoms with Gasteiger partial charge in [0.05, 0.1) is 20.6 Å². The van der Waals surface area contributed by atoms with Crippen LogP contribution in [0.15, 0.2) is 41.3 Å². The van der Waals surface area contributed by atoms with Crippen molar-refractivity contribution in [2.45, 2.75) is 4.90 Å². The summed E-state index contributed by atoms with van der Waals surface area (Å²) in [4.78, 5) is 13.8. The van der Waals surface area contributed by atoms with Gasteiger partial charge in [-0.3, -0.25) is 4.79 Å². The zero-order valence-corrected chi connectivity index (χ0v) is 16.9. The van der Waals surface area contributed by atoms with Crippen LogP contribution in [0.25, 0.3) is 0 Å². The highest BCUT2D eigenvalue weighted by Gasteiger charge is 2.34. The first-order valence-corrected chi connectivity index (χ1v) is 10.5. The Morgan fingerprint density at radius 2 is 1.41 bits per heavy atom. The van der Waals surface area contributed by atoms with E-state index in [9.17, 15) is 17.6 Å². The Balaban J connectivity index is 1.78. The maximum absolute atomic E-state index is 14.0. The lowest BCUT2D eigenvalue weighted by atomic mass is 10.1. The molecule has 0 aromatic heterocycles. The third-order valence-electron chi connectivity index (χ3n) is 4.22. The number of sulfonamides is 1. The van der Waals surface area contributed by atoms with Gasteiger partial charge in [0.2, 0.25) is 10.0 Å². The van der Waals surface area contributed by atoms with E-state index in [2.05, 4.69) is 0 Å². The molecule has 5 nitrogen and oxygen atoms in total. The first kappa shape index (κ1) is 20.4. The number of benzene rings is 2. The number of hydrogen-bond acceptors (Lipinski definition) is 3. The second-order valence-electron chi connectivity index (χ2n) is 5.84. The van der Waals surface area contributed by atoms with Crippen LogP contribution in [-0.4, -0.2) is 49.7 Å². The first-order valence-electron chi connectivity index (χ1n) is 7.91. The van der Waals surface area contributed by atoms with Crippen molar-refractivity contribution in [2.24, 2.45) is 0 Å². The Kier molecular flexibility index (Phi) is 5.98. The summed E-state index contributed by atoms with van der Waals surface area (Å²) in [6, 6.07) is 8.43. The number of nitrogens with zero attached hydrogens (tertiary/aromatic N) is 2. The van der Waals surface area contributed by atoms with Gasteiger partial charge in [-0.05, 0) is 24.3 Å². The van der Waals surface area contributed by atoms with Gasteiger partial charge in [0, 0.05) is 26.2 Å². The fraction of sp³-hybridized carbons (Fsp3) is 0.235. The molecule has 0 spiro atoms. The minimum atomic E-state index is -3.92. The number of halogens is 4. The molecule has 27 heavy (non-hydrogen) atoms. The zero-order valence-electron chi connectivity index (χ0n) is 13.8. The smallest absolute Gasteiger partial charge is 0.258 e. The van der Waals surface area contributed by atoms with Crippen LogP contribution in [0.2, 0.25) is 15.1 Å². The molecular formula is C17H14Cl3FN2O3S. The van der Waals surface area contributed by atoms with E-state index in [1.54, 1.807) is 6.07 Å². The molecule has 1 amide bonds. The van der Waals surface area contributed by atoms with Crippen LogP contribution in [-0.2, 0) is 10.0 Å². The highest BCUT2D eigenvalue weighted by molar-refractivity contribution is 7.89. The molecule has 0 saturated carbocycles. The van der Waals surface area contributed by atoms with E-state index in [4.69, 9.17) is 34.8 Å². The Morgan fingerprint density at radius 1 is 0.889 bits per heavy atom. The second-order valence-corrected chi connectivity index (χ2v) is 8.94. The highest BCUT2D eigenvalue weighted by atomic mass is 35.5. The summed E-state index contributed by atoms with van der Waals surface area (Å²) in [5.41, 5.74) is -0.218. The summed E-state index contributed by atoms with van der Waals surface area (Å²) >= 11 is 18.0. The topological polar surface area (TPSA) is 57.7 Å². The molecule has 0 aliphatic carbocycles. The summed E-state index contributed by atoms with van der Waals surface area (Å²) in [5.74, 6) is -1.30. The van der Waals surface area contributed by atoms with Gasteiger partial charge in [0.1, 0.15) is 10.7 Å². The van der Waals surface area contributed by atoms with E-state index < -0.39 is 21.7 Å². The summed E-state index contributed by atoms with van der Waals surface area (Å²) in [7, 11) is -3.92. The van der Waals surface area contributed by atoms with Gasteiger partial charge in [-0.2, -0.15) is 4.31 Å². The minimum Gasteiger partial charge on any atom is -0.336 e. The van der Waals surface area contributed by atoms with Gasteiger partial charge in [-0.1, -0.05) is 46.9 Å². The highest BCUT2D eigenvalue weighted by Crippen LogP contribution is 2.32. The van der Waals surface area contributed by atoms with Crippen molar-refractivity contribution in [3.63, 3.8) is 0 Å². The van der Waals surface area contributed by atoms with Crippen LogP contribution in [0.4, 0.5) is 4.39 Å². The lowest BCUT2D eigenvalue weighted by Crippen LogP contribution is -2.50. The average molecular weight is 452 g/mol. The van der Waals surface area contributed by atoms with Crippen molar-refractivity contribution >= 4 is 50.7 Å². The van der Waals surface area contributed by atoms with Crippen molar-refractivity contribution in [3.8, 4) is 0 Å². The van der Waals surface area contributed by atoms with E-state index in [0.29, 0.717) is 0 Å².